The lowest BCUT2D eigenvalue weighted by Gasteiger charge is -2.57. The number of alkyl halides is 3. The molecule has 1 spiro atoms. The minimum atomic E-state index is -4.48. The van der Waals surface area contributed by atoms with Crippen molar-refractivity contribution in [1.82, 2.24) is 10.1 Å². The first kappa shape index (κ1) is 28.0. The maximum absolute atomic E-state index is 13.7. The highest BCUT2D eigenvalue weighted by Gasteiger charge is 2.52. The summed E-state index contributed by atoms with van der Waals surface area (Å²) in [4.78, 5) is 15.9. The van der Waals surface area contributed by atoms with Gasteiger partial charge in [0.15, 0.2) is 11.4 Å². The summed E-state index contributed by atoms with van der Waals surface area (Å²) in [5, 5.41) is 4.12. The molecular formula is C33H34F3N3O4. The molecule has 2 N–H and O–H groups in total. The first-order valence-electron chi connectivity index (χ1n) is 15.1. The molecule has 4 saturated carbocycles. The van der Waals surface area contributed by atoms with Crippen molar-refractivity contribution in [3.8, 4) is 22.8 Å². The van der Waals surface area contributed by atoms with Crippen LogP contribution in [0.15, 0.2) is 47.1 Å². The van der Waals surface area contributed by atoms with E-state index in [9.17, 15) is 18.0 Å². The highest BCUT2D eigenvalue weighted by Crippen LogP contribution is 2.61. The lowest BCUT2D eigenvalue weighted by Crippen LogP contribution is -2.48. The van der Waals surface area contributed by atoms with Crippen molar-refractivity contribution in [2.45, 2.75) is 76.0 Å². The molecule has 2 heterocycles. The van der Waals surface area contributed by atoms with Crippen LogP contribution in [-0.2, 0) is 6.18 Å². The zero-order chi connectivity index (χ0) is 29.8. The van der Waals surface area contributed by atoms with E-state index in [2.05, 4.69) is 16.2 Å². The highest BCUT2D eigenvalue weighted by molar-refractivity contribution is 5.93. The van der Waals surface area contributed by atoms with Gasteiger partial charge in [0.1, 0.15) is 17.2 Å². The molecule has 0 saturated heterocycles. The van der Waals surface area contributed by atoms with E-state index in [1.54, 1.807) is 12.1 Å². The number of aromatic nitrogens is 2. The molecule has 0 unspecified atom stereocenters. The number of primary amides is 1. The molecule has 10 heteroatoms. The van der Waals surface area contributed by atoms with Crippen molar-refractivity contribution < 1.29 is 32.0 Å². The van der Waals surface area contributed by atoms with Gasteiger partial charge < -0.3 is 19.7 Å². The summed E-state index contributed by atoms with van der Waals surface area (Å²) < 4.78 is 58.8. The Morgan fingerprint density at radius 1 is 1.12 bits per heavy atom. The molecule has 0 atom stereocenters. The fourth-order valence-corrected chi connectivity index (χ4v) is 6.94. The van der Waals surface area contributed by atoms with Crippen LogP contribution >= 0.6 is 0 Å². The number of pyridine rings is 1. The number of halogens is 3. The van der Waals surface area contributed by atoms with E-state index in [0.29, 0.717) is 46.7 Å². The topological polar surface area (TPSA) is 100 Å². The average Bonchev–Trinajstić information content (AvgIpc) is 3.67. The third-order valence-electron chi connectivity index (χ3n) is 9.45. The highest BCUT2D eigenvalue weighted by atomic mass is 19.4. The van der Waals surface area contributed by atoms with Crippen LogP contribution in [0.5, 0.6) is 11.5 Å². The van der Waals surface area contributed by atoms with E-state index in [4.69, 9.17) is 19.7 Å². The first-order chi connectivity index (χ1) is 20.7. The molecule has 226 valence electrons. The average molecular weight is 594 g/mol. The van der Waals surface area contributed by atoms with E-state index < -0.39 is 17.6 Å². The molecule has 1 aromatic carbocycles. The second-order valence-corrected chi connectivity index (χ2v) is 12.8. The van der Waals surface area contributed by atoms with Gasteiger partial charge in [0.05, 0.1) is 24.5 Å². The molecule has 0 aliphatic heterocycles. The van der Waals surface area contributed by atoms with E-state index in [1.165, 1.54) is 18.3 Å². The fourth-order valence-electron chi connectivity index (χ4n) is 6.94. The Balaban J connectivity index is 0.959. The predicted octanol–water partition coefficient (Wildman–Crippen LogP) is 7.56. The van der Waals surface area contributed by atoms with Gasteiger partial charge in [0.2, 0.25) is 0 Å². The largest absolute Gasteiger partial charge is 0.492 e. The molecule has 0 bridgehead atoms. The number of nitrogens with zero attached hydrogens (tertiary/aromatic N) is 2. The Morgan fingerprint density at radius 3 is 2.56 bits per heavy atom. The third kappa shape index (κ3) is 5.63. The molecule has 4 aliphatic carbocycles. The lowest BCUT2D eigenvalue weighted by molar-refractivity contribution is -0.137. The summed E-state index contributed by atoms with van der Waals surface area (Å²) in [5.41, 5.74) is 6.19. The number of nitrogens with two attached hydrogens (primary N) is 1. The quantitative estimate of drug-likeness (QED) is 0.260. The van der Waals surface area contributed by atoms with Crippen LogP contribution < -0.4 is 15.2 Å². The number of carbonyl (C=O) groups excluding carboxylic acids is 1. The van der Waals surface area contributed by atoms with E-state index in [-0.39, 0.29) is 29.0 Å². The second-order valence-electron chi connectivity index (χ2n) is 12.8. The van der Waals surface area contributed by atoms with Crippen molar-refractivity contribution in [1.29, 1.82) is 0 Å². The number of carbonyl (C=O) groups is 1. The number of allylic oxidation sites excluding steroid dienone is 1. The maximum atomic E-state index is 13.7. The minimum Gasteiger partial charge on any atom is -0.492 e. The van der Waals surface area contributed by atoms with Gasteiger partial charge >= 0.3 is 6.18 Å². The predicted molar refractivity (Wildman–Crippen MR) is 152 cm³/mol. The summed E-state index contributed by atoms with van der Waals surface area (Å²) in [7, 11) is 0. The normalized spacial score (nSPS) is 25.3. The molecule has 0 radical (unpaired) electrons. The van der Waals surface area contributed by atoms with Crippen LogP contribution in [0, 0.1) is 17.3 Å². The number of benzene rings is 1. The Labute approximate surface area is 247 Å². The Hall–Kier alpha value is -3.82. The van der Waals surface area contributed by atoms with Crippen LogP contribution in [0.2, 0.25) is 0 Å². The van der Waals surface area contributed by atoms with Gasteiger partial charge in [0.25, 0.3) is 5.91 Å². The van der Waals surface area contributed by atoms with Crippen LogP contribution in [0.25, 0.3) is 17.3 Å². The van der Waals surface area contributed by atoms with Gasteiger partial charge in [0, 0.05) is 23.1 Å². The van der Waals surface area contributed by atoms with Crippen molar-refractivity contribution in [2.24, 2.45) is 23.0 Å². The summed E-state index contributed by atoms with van der Waals surface area (Å²) in [6.45, 7) is 0.566. The van der Waals surface area contributed by atoms with E-state index in [0.717, 1.165) is 63.9 Å². The first-order valence-corrected chi connectivity index (χ1v) is 15.1. The summed E-state index contributed by atoms with van der Waals surface area (Å²) in [5.74, 6) is 2.05. The zero-order valence-corrected chi connectivity index (χ0v) is 23.7. The van der Waals surface area contributed by atoms with Gasteiger partial charge in [-0.3, -0.25) is 4.79 Å². The van der Waals surface area contributed by atoms with Crippen LogP contribution in [-0.4, -0.2) is 28.8 Å². The number of amides is 1. The zero-order valence-electron chi connectivity index (χ0n) is 23.7. The minimum absolute atomic E-state index is 0.0541. The van der Waals surface area contributed by atoms with Crippen LogP contribution in [0.4, 0.5) is 13.2 Å². The van der Waals surface area contributed by atoms with E-state index >= 15 is 0 Å². The van der Waals surface area contributed by atoms with Crippen molar-refractivity contribution in [3.05, 3.63) is 65.2 Å². The number of hydrogen-bond donors (Lipinski definition) is 1. The van der Waals surface area contributed by atoms with Crippen molar-refractivity contribution >= 4 is 12.0 Å². The summed E-state index contributed by atoms with van der Waals surface area (Å²) in [6.07, 6.45) is 10.4. The Kier molecular flexibility index (Phi) is 6.97. The maximum Gasteiger partial charge on any atom is 0.417 e. The molecular weight excluding hydrogens is 559 g/mol. The second kappa shape index (κ2) is 10.7. The van der Waals surface area contributed by atoms with Gasteiger partial charge in [-0.05, 0) is 81.1 Å². The molecule has 4 fully saturated rings. The Bertz CT molecular complexity index is 1540. The summed E-state index contributed by atoms with van der Waals surface area (Å²) in [6, 6.07) is 7.27. The third-order valence-corrected chi connectivity index (χ3v) is 9.45. The van der Waals surface area contributed by atoms with Gasteiger partial charge in [-0.1, -0.05) is 35.5 Å². The molecule has 2 aromatic heterocycles. The SMILES string of the molecule is NC(=O)c1ncc(OCC2CC3(CC(C=Cc4c(-c5ccccc5C(F)(F)F)noc4C4CC4)C3)C2)cc1OC1CCC1. The Morgan fingerprint density at radius 2 is 1.88 bits per heavy atom. The fraction of sp³-hybridized carbons (Fsp3) is 0.485. The van der Waals surface area contributed by atoms with Crippen LogP contribution in [0.3, 0.4) is 0 Å². The standard InChI is InChI=1S/C33H34F3N3O4/c34-33(35,36)26-7-2-1-6-24(26)28-25(30(43-39-28)21-9-10-21)11-8-19-13-32(14-19)15-20(16-32)18-41-23-12-27(42-22-4-3-5-22)29(31(37)40)38-17-23/h1-2,6-8,11-12,17,19-22H,3-5,9-10,13-16,18H2,(H2,37,40). The molecule has 4 aliphatic rings. The van der Waals surface area contributed by atoms with Gasteiger partial charge in [-0.15, -0.1) is 0 Å². The summed E-state index contributed by atoms with van der Waals surface area (Å²) >= 11 is 0. The molecule has 3 aromatic rings. The molecule has 7 rings (SSSR count). The smallest absolute Gasteiger partial charge is 0.417 e. The van der Waals surface area contributed by atoms with Crippen molar-refractivity contribution in [3.63, 3.8) is 0 Å². The molecule has 7 nitrogen and oxygen atoms in total. The van der Waals surface area contributed by atoms with E-state index in [1.807, 2.05) is 6.08 Å². The molecule has 1 amide bonds. The molecule has 43 heavy (non-hydrogen) atoms. The monoisotopic (exact) mass is 593 g/mol. The lowest BCUT2D eigenvalue weighted by atomic mass is 9.48. The van der Waals surface area contributed by atoms with Gasteiger partial charge in [-0.2, -0.15) is 13.2 Å². The number of hydrogen-bond acceptors (Lipinski definition) is 6. The number of rotatable bonds is 10. The van der Waals surface area contributed by atoms with Gasteiger partial charge in [-0.25, -0.2) is 4.98 Å². The van der Waals surface area contributed by atoms with Crippen LogP contribution in [0.1, 0.15) is 91.1 Å². The van der Waals surface area contributed by atoms with Crippen molar-refractivity contribution in [2.75, 3.05) is 6.61 Å². The number of ether oxygens (including phenoxy) is 2.